The van der Waals surface area contributed by atoms with E-state index in [9.17, 15) is 0 Å². The van der Waals surface area contributed by atoms with Gasteiger partial charge in [0.25, 0.3) is 0 Å². The molecule has 0 N–H and O–H groups in total. The van der Waals surface area contributed by atoms with E-state index in [-0.39, 0.29) is 6.10 Å². The second-order valence-electron chi connectivity index (χ2n) is 14.0. The lowest BCUT2D eigenvalue weighted by Crippen LogP contribution is -2.51. The highest BCUT2D eigenvalue weighted by Crippen LogP contribution is 2.67. The summed E-state index contributed by atoms with van der Waals surface area (Å²) in [5.41, 5.74) is 2.64. The second kappa shape index (κ2) is 11.2. The average molecular weight is 527 g/mol. The zero-order chi connectivity index (χ0) is 26.2. The summed E-state index contributed by atoms with van der Waals surface area (Å²) in [4.78, 5) is 0. The minimum Gasteiger partial charge on any atom is -0.468 e. The fourth-order valence-corrected chi connectivity index (χ4v) is 9.65. The third-order valence-corrected chi connectivity index (χ3v) is 11.9. The van der Waals surface area contributed by atoms with Gasteiger partial charge in [-0.3, -0.25) is 0 Å². The Morgan fingerprint density at radius 3 is 2.49 bits per heavy atom. The number of fused-ring (bicyclic) bond motifs is 5. The molecule has 1 aromatic carbocycles. The SMILES string of the molecule is CC(C)CCC[C@@H](C)[C@@H]1CC[C@H]2[C@@H]3CC=C4C[C@@H](OCOc5ccc(Cl)cc5)CC[C@]4(C)[C@H]3CC[C@@]21C. The molecule has 0 aromatic heterocycles. The average Bonchev–Trinajstić information content (AvgIpc) is 3.22. The van der Waals surface area contributed by atoms with Crippen LogP contribution < -0.4 is 4.74 Å². The van der Waals surface area contributed by atoms with Gasteiger partial charge in [-0.15, -0.1) is 0 Å². The summed E-state index contributed by atoms with van der Waals surface area (Å²) < 4.78 is 12.1. The fraction of sp³-hybridized carbons (Fsp3) is 0.765. The van der Waals surface area contributed by atoms with E-state index in [1.807, 2.05) is 24.3 Å². The number of rotatable bonds is 9. The molecule has 0 unspecified atom stereocenters. The first-order chi connectivity index (χ1) is 17.7. The van der Waals surface area contributed by atoms with Crippen LogP contribution in [0.4, 0.5) is 0 Å². The van der Waals surface area contributed by atoms with Crippen molar-refractivity contribution >= 4 is 11.6 Å². The Labute approximate surface area is 231 Å². The molecule has 37 heavy (non-hydrogen) atoms. The molecular formula is C34H51ClO2. The Kier molecular flexibility index (Phi) is 8.38. The Hall–Kier alpha value is -0.990. The zero-order valence-corrected chi connectivity index (χ0v) is 24.9. The van der Waals surface area contributed by atoms with Crippen LogP contribution in [-0.4, -0.2) is 12.9 Å². The normalized spacial score (nSPS) is 37.9. The van der Waals surface area contributed by atoms with Gasteiger partial charge < -0.3 is 9.47 Å². The van der Waals surface area contributed by atoms with Gasteiger partial charge in [-0.2, -0.15) is 0 Å². The molecule has 3 fully saturated rings. The van der Waals surface area contributed by atoms with Gasteiger partial charge in [-0.1, -0.05) is 77.1 Å². The highest BCUT2D eigenvalue weighted by Gasteiger charge is 2.59. The van der Waals surface area contributed by atoms with Gasteiger partial charge in [-0.05, 0) is 122 Å². The van der Waals surface area contributed by atoms with E-state index in [0.29, 0.717) is 17.6 Å². The minimum absolute atomic E-state index is 0.277. The van der Waals surface area contributed by atoms with Crippen LogP contribution in [0.5, 0.6) is 5.75 Å². The van der Waals surface area contributed by atoms with E-state index in [1.165, 1.54) is 57.8 Å². The van der Waals surface area contributed by atoms with Crippen molar-refractivity contribution in [2.75, 3.05) is 6.79 Å². The zero-order valence-electron chi connectivity index (χ0n) is 24.1. The highest BCUT2D eigenvalue weighted by atomic mass is 35.5. The first kappa shape index (κ1) is 27.6. The van der Waals surface area contributed by atoms with Crippen LogP contribution in [0.3, 0.4) is 0 Å². The first-order valence-corrected chi connectivity index (χ1v) is 15.8. The van der Waals surface area contributed by atoms with Gasteiger partial charge in [0.1, 0.15) is 5.75 Å². The Bertz CT molecular complexity index is 938. The summed E-state index contributed by atoms with van der Waals surface area (Å²) in [6, 6.07) is 7.54. The van der Waals surface area contributed by atoms with Crippen molar-refractivity contribution in [1.29, 1.82) is 0 Å². The number of allylic oxidation sites excluding steroid dienone is 1. The van der Waals surface area contributed by atoms with E-state index in [4.69, 9.17) is 21.1 Å². The lowest BCUT2D eigenvalue weighted by atomic mass is 9.47. The van der Waals surface area contributed by atoms with Crippen LogP contribution in [-0.2, 0) is 4.74 Å². The van der Waals surface area contributed by atoms with Gasteiger partial charge >= 0.3 is 0 Å². The third kappa shape index (κ3) is 5.54. The van der Waals surface area contributed by atoms with Crippen molar-refractivity contribution in [1.82, 2.24) is 0 Å². The van der Waals surface area contributed by atoms with Gasteiger partial charge in [0.15, 0.2) is 6.79 Å². The number of hydrogen-bond acceptors (Lipinski definition) is 2. The second-order valence-corrected chi connectivity index (χ2v) is 14.5. The molecule has 4 aliphatic carbocycles. The smallest absolute Gasteiger partial charge is 0.189 e. The number of halogens is 1. The molecular weight excluding hydrogens is 476 g/mol. The van der Waals surface area contributed by atoms with Gasteiger partial charge in [0.05, 0.1) is 6.10 Å². The van der Waals surface area contributed by atoms with Crippen molar-refractivity contribution in [3.63, 3.8) is 0 Å². The molecule has 3 saturated carbocycles. The van der Waals surface area contributed by atoms with E-state index >= 15 is 0 Å². The topological polar surface area (TPSA) is 18.5 Å². The van der Waals surface area contributed by atoms with Crippen LogP contribution >= 0.6 is 11.6 Å². The molecule has 2 nitrogen and oxygen atoms in total. The van der Waals surface area contributed by atoms with Crippen LogP contribution in [0.15, 0.2) is 35.9 Å². The summed E-state index contributed by atoms with van der Waals surface area (Å²) in [5.74, 6) is 6.18. The van der Waals surface area contributed by atoms with Crippen LogP contribution in [0.1, 0.15) is 105 Å². The fourth-order valence-electron chi connectivity index (χ4n) is 9.52. The maximum Gasteiger partial charge on any atom is 0.189 e. The maximum absolute atomic E-state index is 6.22. The molecule has 0 saturated heterocycles. The summed E-state index contributed by atoms with van der Waals surface area (Å²) in [7, 11) is 0. The van der Waals surface area contributed by atoms with Gasteiger partial charge in [-0.25, -0.2) is 0 Å². The molecule has 3 heteroatoms. The van der Waals surface area contributed by atoms with Crippen molar-refractivity contribution in [2.24, 2.45) is 46.3 Å². The molecule has 0 amide bonds. The minimum atomic E-state index is 0.277. The molecule has 0 spiro atoms. The van der Waals surface area contributed by atoms with Crippen molar-refractivity contribution < 1.29 is 9.47 Å². The summed E-state index contributed by atoms with van der Waals surface area (Å²) in [5, 5.41) is 0.731. The largest absolute Gasteiger partial charge is 0.468 e. The molecule has 8 atom stereocenters. The van der Waals surface area contributed by atoms with E-state index in [1.54, 1.807) is 5.57 Å². The molecule has 0 aliphatic heterocycles. The summed E-state index contributed by atoms with van der Waals surface area (Å²) in [6.45, 7) is 13.0. The van der Waals surface area contributed by atoms with Crippen LogP contribution in [0, 0.1) is 46.3 Å². The monoisotopic (exact) mass is 526 g/mol. The van der Waals surface area contributed by atoms with Gasteiger partial charge in [0, 0.05) is 5.02 Å². The highest BCUT2D eigenvalue weighted by molar-refractivity contribution is 6.30. The number of hydrogen-bond donors (Lipinski definition) is 0. The van der Waals surface area contributed by atoms with Gasteiger partial charge in [0.2, 0.25) is 0 Å². The van der Waals surface area contributed by atoms with Crippen molar-refractivity contribution in [2.45, 2.75) is 111 Å². The molecule has 0 radical (unpaired) electrons. The molecule has 5 rings (SSSR count). The number of benzene rings is 1. The lowest BCUT2D eigenvalue weighted by molar-refractivity contribution is -0.0814. The van der Waals surface area contributed by atoms with Crippen LogP contribution in [0.2, 0.25) is 5.02 Å². The quantitative estimate of drug-likeness (QED) is 0.235. The van der Waals surface area contributed by atoms with E-state index < -0.39 is 0 Å². The Morgan fingerprint density at radius 1 is 0.946 bits per heavy atom. The predicted molar refractivity (Wildman–Crippen MR) is 155 cm³/mol. The third-order valence-electron chi connectivity index (χ3n) is 11.6. The molecule has 0 heterocycles. The number of ether oxygens (including phenoxy) is 2. The standard InChI is InChI=1S/C34H51ClO2/c1-23(2)7-6-8-24(3)30-15-16-31-29-14-9-25-21-28(37-22-36-27-12-10-26(35)11-13-27)17-19-33(25,4)32(29)18-20-34(30,31)5/h9-13,23-24,28-32H,6-8,14-22H2,1-5H3/t24-,28+,29+,30+,31+,32+,33+,34-/m1/s1. The summed E-state index contributed by atoms with van der Waals surface area (Å²) in [6.07, 6.45) is 17.8. The van der Waals surface area contributed by atoms with Crippen LogP contribution in [0.25, 0.3) is 0 Å². The summed E-state index contributed by atoms with van der Waals surface area (Å²) >= 11 is 5.99. The van der Waals surface area contributed by atoms with Crippen molar-refractivity contribution in [3.8, 4) is 5.75 Å². The Morgan fingerprint density at radius 2 is 1.73 bits per heavy atom. The Balaban J connectivity index is 1.19. The predicted octanol–water partition coefficient (Wildman–Crippen LogP) is 10.1. The first-order valence-electron chi connectivity index (χ1n) is 15.4. The molecule has 206 valence electrons. The maximum atomic E-state index is 6.22. The van der Waals surface area contributed by atoms with E-state index in [2.05, 4.69) is 40.7 Å². The lowest BCUT2D eigenvalue weighted by Gasteiger charge is -2.58. The van der Waals surface area contributed by atoms with E-state index in [0.717, 1.165) is 59.1 Å². The molecule has 0 bridgehead atoms. The molecule has 1 aromatic rings. The molecule has 4 aliphatic rings. The van der Waals surface area contributed by atoms with Crippen molar-refractivity contribution in [3.05, 3.63) is 40.9 Å².